The van der Waals surface area contributed by atoms with Gasteiger partial charge in [-0.3, -0.25) is 0 Å². The summed E-state index contributed by atoms with van der Waals surface area (Å²) in [5.41, 5.74) is 4.23. The van der Waals surface area contributed by atoms with E-state index in [1.54, 1.807) is 26.0 Å². The van der Waals surface area contributed by atoms with Gasteiger partial charge in [0.15, 0.2) is 5.17 Å². The third-order valence-electron chi connectivity index (χ3n) is 4.63. The second-order valence-corrected chi connectivity index (χ2v) is 7.63. The second-order valence-electron chi connectivity index (χ2n) is 6.50. The minimum absolute atomic E-state index is 0.148. The van der Waals surface area contributed by atoms with Gasteiger partial charge < -0.3 is 14.8 Å². The lowest BCUT2D eigenvalue weighted by Gasteiger charge is -2.22. The first-order valence-corrected chi connectivity index (χ1v) is 10.2. The van der Waals surface area contributed by atoms with Crippen molar-refractivity contribution in [3.05, 3.63) is 96.1 Å². The van der Waals surface area contributed by atoms with E-state index in [9.17, 15) is 0 Å². The van der Waals surface area contributed by atoms with Gasteiger partial charge >= 0.3 is 0 Å². The van der Waals surface area contributed by atoms with Crippen molar-refractivity contribution < 1.29 is 9.47 Å². The van der Waals surface area contributed by atoms with Crippen molar-refractivity contribution in [3.8, 4) is 11.5 Å². The van der Waals surface area contributed by atoms with Crippen molar-refractivity contribution in [1.82, 2.24) is 0 Å². The molecule has 0 aromatic heterocycles. The number of anilines is 1. The molecule has 1 unspecified atom stereocenters. The van der Waals surface area contributed by atoms with Gasteiger partial charge in [0.1, 0.15) is 11.5 Å². The zero-order chi connectivity index (χ0) is 20.1. The Morgan fingerprint density at radius 3 is 2.03 bits per heavy atom. The first-order chi connectivity index (χ1) is 14.2. The molecule has 4 rings (SSSR count). The molecule has 4 nitrogen and oxygen atoms in total. The first kappa shape index (κ1) is 19.2. The van der Waals surface area contributed by atoms with Gasteiger partial charge in [-0.15, -0.1) is 0 Å². The molecule has 1 atom stereocenters. The van der Waals surface area contributed by atoms with Gasteiger partial charge in [-0.25, -0.2) is 4.99 Å². The van der Waals surface area contributed by atoms with E-state index in [-0.39, 0.29) is 5.25 Å². The zero-order valence-corrected chi connectivity index (χ0v) is 17.1. The molecule has 1 heterocycles. The summed E-state index contributed by atoms with van der Waals surface area (Å²) in [4.78, 5) is 4.87. The van der Waals surface area contributed by atoms with E-state index in [1.165, 1.54) is 5.56 Å². The molecule has 146 valence electrons. The maximum Gasteiger partial charge on any atom is 0.167 e. The Kier molecular flexibility index (Phi) is 5.86. The molecule has 1 aliphatic rings. The third-order valence-corrected chi connectivity index (χ3v) is 5.70. The maximum absolute atomic E-state index is 5.30. The number of hydrogen-bond acceptors (Lipinski definition) is 5. The predicted molar refractivity (Wildman–Crippen MR) is 122 cm³/mol. The number of aliphatic imine (C=N–C) groups is 1. The summed E-state index contributed by atoms with van der Waals surface area (Å²) >= 11 is 1.69. The molecular formula is C24H22N2O2S. The fourth-order valence-corrected chi connectivity index (χ4v) is 4.11. The summed E-state index contributed by atoms with van der Waals surface area (Å²) in [5.74, 6) is 1.68. The van der Waals surface area contributed by atoms with Crippen molar-refractivity contribution in [3.63, 3.8) is 0 Å². The van der Waals surface area contributed by atoms with Crippen LogP contribution < -0.4 is 14.8 Å². The number of hydrogen-bond donors (Lipinski definition) is 1. The quantitative estimate of drug-likeness (QED) is 0.568. The number of benzene rings is 3. The molecule has 29 heavy (non-hydrogen) atoms. The molecule has 0 bridgehead atoms. The zero-order valence-electron chi connectivity index (χ0n) is 16.3. The highest BCUT2D eigenvalue weighted by Gasteiger charge is 2.20. The van der Waals surface area contributed by atoms with Crippen molar-refractivity contribution >= 4 is 28.3 Å². The third kappa shape index (κ3) is 4.63. The van der Waals surface area contributed by atoms with Crippen LogP contribution in [0.15, 0.2) is 89.9 Å². The van der Waals surface area contributed by atoms with Crippen LogP contribution in [0.5, 0.6) is 11.5 Å². The molecule has 0 spiro atoms. The molecule has 1 N–H and O–H groups in total. The summed E-state index contributed by atoms with van der Waals surface area (Å²) in [7, 11) is 3.35. The normalized spacial score (nSPS) is 15.9. The Morgan fingerprint density at radius 2 is 1.41 bits per heavy atom. The molecule has 0 radical (unpaired) electrons. The standard InChI is InChI=1S/C24H22N2O2S/c1-27-20-12-8-18(9-13-20)23-16-22(17-6-4-3-5-7-17)26-24(29-23)25-19-10-14-21(28-2)15-11-19/h3-16,23H,1-2H3,(H,25,26). The van der Waals surface area contributed by atoms with Gasteiger partial charge in [-0.05, 0) is 53.6 Å². The van der Waals surface area contributed by atoms with Gasteiger partial charge in [0.2, 0.25) is 0 Å². The van der Waals surface area contributed by atoms with Crippen LogP contribution in [0.1, 0.15) is 16.4 Å². The maximum atomic E-state index is 5.30. The fraction of sp³-hybridized carbons (Fsp3) is 0.125. The number of rotatable bonds is 5. The largest absolute Gasteiger partial charge is 0.497 e. The number of nitrogens with zero attached hydrogens (tertiary/aromatic N) is 1. The average molecular weight is 403 g/mol. The van der Waals surface area contributed by atoms with E-state index < -0.39 is 0 Å². The van der Waals surface area contributed by atoms with Crippen LogP contribution in [-0.2, 0) is 0 Å². The van der Waals surface area contributed by atoms with Gasteiger partial charge in [0, 0.05) is 5.69 Å². The Hall–Kier alpha value is -3.18. The van der Waals surface area contributed by atoms with E-state index in [1.807, 2.05) is 54.6 Å². The van der Waals surface area contributed by atoms with E-state index >= 15 is 0 Å². The van der Waals surface area contributed by atoms with Crippen molar-refractivity contribution in [2.45, 2.75) is 5.25 Å². The topological polar surface area (TPSA) is 42.8 Å². The van der Waals surface area contributed by atoms with Crippen LogP contribution in [0, 0.1) is 0 Å². The van der Waals surface area contributed by atoms with Crippen LogP contribution in [0.3, 0.4) is 0 Å². The lowest BCUT2D eigenvalue weighted by Crippen LogP contribution is -2.13. The Labute approximate surface area is 175 Å². The SMILES string of the molecule is COc1ccc(NC2=NC(c3ccccc3)=CC(c3ccc(OC)cc3)S2)cc1. The smallest absolute Gasteiger partial charge is 0.167 e. The first-order valence-electron chi connectivity index (χ1n) is 9.33. The van der Waals surface area contributed by atoms with Crippen molar-refractivity contribution in [2.75, 3.05) is 19.5 Å². The number of amidine groups is 1. The molecule has 0 fully saturated rings. The molecular weight excluding hydrogens is 380 g/mol. The van der Waals surface area contributed by atoms with Crippen LogP contribution in [0.4, 0.5) is 5.69 Å². The average Bonchev–Trinajstić information content (AvgIpc) is 2.80. The number of nitrogens with one attached hydrogen (secondary N) is 1. The molecule has 3 aromatic carbocycles. The summed E-state index contributed by atoms with van der Waals surface area (Å²) in [6, 6.07) is 26.3. The monoisotopic (exact) mass is 402 g/mol. The summed E-state index contributed by atoms with van der Waals surface area (Å²) < 4.78 is 10.5. The minimum Gasteiger partial charge on any atom is -0.497 e. The van der Waals surface area contributed by atoms with Crippen LogP contribution in [0.2, 0.25) is 0 Å². The van der Waals surface area contributed by atoms with Crippen LogP contribution in [0.25, 0.3) is 5.70 Å². The molecule has 3 aromatic rings. The minimum atomic E-state index is 0.148. The van der Waals surface area contributed by atoms with Gasteiger partial charge in [-0.2, -0.15) is 0 Å². The summed E-state index contributed by atoms with van der Waals surface area (Å²) in [5, 5.41) is 4.45. The van der Waals surface area contributed by atoms with E-state index in [0.717, 1.165) is 33.6 Å². The van der Waals surface area contributed by atoms with E-state index in [4.69, 9.17) is 14.5 Å². The highest BCUT2D eigenvalue weighted by molar-refractivity contribution is 8.14. The van der Waals surface area contributed by atoms with Gasteiger partial charge in [-0.1, -0.05) is 54.2 Å². The summed E-state index contributed by atoms with van der Waals surface area (Å²) in [6.45, 7) is 0. The molecule has 0 saturated carbocycles. The Bertz CT molecular complexity index is 1010. The van der Waals surface area contributed by atoms with Crippen molar-refractivity contribution in [2.24, 2.45) is 4.99 Å². The molecule has 0 saturated heterocycles. The van der Waals surface area contributed by atoms with E-state index in [2.05, 4.69) is 35.7 Å². The lowest BCUT2D eigenvalue weighted by molar-refractivity contribution is 0.414. The van der Waals surface area contributed by atoms with Gasteiger partial charge in [0.25, 0.3) is 0 Å². The molecule has 1 aliphatic heterocycles. The fourth-order valence-electron chi connectivity index (χ4n) is 3.05. The Morgan fingerprint density at radius 1 is 0.793 bits per heavy atom. The number of thioether (sulfide) groups is 1. The molecule has 0 aliphatic carbocycles. The van der Waals surface area contributed by atoms with Crippen LogP contribution >= 0.6 is 11.8 Å². The molecule has 5 heteroatoms. The number of methoxy groups -OCH3 is 2. The van der Waals surface area contributed by atoms with E-state index in [0.29, 0.717) is 0 Å². The van der Waals surface area contributed by atoms with Crippen LogP contribution in [-0.4, -0.2) is 19.4 Å². The number of ether oxygens (including phenoxy) is 2. The second kappa shape index (κ2) is 8.88. The lowest BCUT2D eigenvalue weighted by atomic mass is 10.1. The van der Waals surface area contributed by atoms with Gasteiger partial charge in [0.05, 0.1) is 25.2 Å². The Balaban J connectivity index is 1.64. The molecule has 0 amide bonds. The highest BCUT2D eigenvalue weighted by atomic mass is 32.2. The summed E-state index contributed by atoms with van der Waals surface area (Å²) in [6.07, 6.45) is 2.21. The van der Waals surface area contributed by atoms with Crippen molar-refractivity contribution in [1.29, 1.82) is 0 Å². The highest BCUT2D eigenvalue weighted by Crippen LogP contribution is 2.39. The predicted octanol–water partition coefficient (Wildman–Crippen LogP) is 6.00.